The first-order valence-corrected chi connectivity index (χ1v) is 15.9. The van der Waals surface area contributed by atoms with Crippen molar-refractivity contribution in [2.24, 2.45) is 0 Å². The SMILES string of the molecule is N#Cc1ccc2c(c1)c1ccccc1n2-c1cccc(-c2cccc(-n3c4ccccc4c4ccccc43)c2)c1-c1ccccc1C#N. The largest absolute Gasteiger partial charge is 0.309 e. The fourth-order valence-electron chi connectivity index (χ4n) is 7.36. The highest BCUT2D eigenvalue weighted by Gasteiger charge is 2.21. The van der Waals surface area contributed by atoms with E-state index in [1.54, 1.807) is 0 Å². The van der Waals surface area contributed by atoms with E-state index < -0.39 is 0 Å². The second-order valence-corrected chi connectivity index (χ2v) is 12.0. The summed E-state index contributed by atoms with van der Waals surface area (Å²) < 4.78 is 4.61. The maximum atomic E-state index is 10.3. The normalized spacial score (nSPS) is 11.3. The summed E-state index contributed by atoms with van der Waals surface area (Å²) in [5.41, 5.74) is 11.5. The lowest BCUT2D eigenvalue weighted by Crippen LogP contribution is -2.01. The highest BCUT2D eigenvalue weighted by atomic mass is 15.0. The van der Waals surface area contributed by atoms with Crippen molar-refractivity contribution in [3.05, 3.63) is 169 Å². The van der Waals surface area contributed by atoms with Crippen LogP contribution in [0.15, 0.2) is 158 Å². The zero-order valence-corrected chi connectivity index (χ0v) is 25.8. The molecule has 4 heteroatoms. The van der Waals surface area contributed by atoms with Gasteiger partial charge in [0.2, 0.25) is 0 Å². The van der Waals surface area contributed by atoms with Crippen molar-refractivity contribution >= 4 is 43.6 Å². The lowest BCUT2D eigenvalue weighted by Gasteiger charge is -2.20. The highest BCUT2D eigenvalue weighted by molar-refractivity contribution is 6.11. The number of hydrogen-bond acceptors (Lipinski definition) is 2. The monoisotopic (exact) mass is 610 g/mol. The van der Waals surface area contributed by atoms with E-state index in [4.69, 9.17) is 0 Å². The average molecular weight is 611 g/mol. The van der Waals surface area contributed by atoms with Crippen LogP contribution in [-0.2, 0) is 0 Å². The van der Waals surface area contributed by atoms with Gasteiger partial charge in [-0.3, -0.25) is 0 Å². The van der Waals surface area contributed by atoms with Gasteiger partial charge in [0, 0.05) is 38.4 Å². The van der Waals surface area contributed by atoms with E-state index in [1.807, 2.05) is 54.6 Å². The van der Waals surface area contributed by atoms with E-state index in [9.17, 15) is 10.5 Å². The molecule has 222 valence electrons. The second kappa shape index (κ2) is 10.9. The third kappa shape index (κ3) is 4.07. The van der Waals surface area contributed by atoms with E-state index >= 15 is 0 Å². The van der Waals surface area contributed by atoms with Crippen molar-refractivity contribution in [3.8, 4) is 45.8 Å². The van der Waals surface area contributed by atoms with Crippen molar-refractivity contribution in [1.29, 1.82) is 10.5 Å². The molecule has 0 aliphatic rings. The molecule has 0 aliphatic carbocycles. The number of para-hydroxylation sites is 3. The topological polar surface area (TPSA) is 57.4 Å². The van der Waals surface area contributed by atoms with E-state index in [0.29, 0.717) is 11.1 Å². The molecule has 7 aromatic carbocycles. The van der Waals surface area contributed by atoms with Gasteiger partial charge in [0.25, 0.3) is 0 Å². The number of rotatable bonds is 4. The van der Waals surface area contributed by atoms with Gasteiger partial charge in [0.15, 0.2) is 0 Å². The molecule has 0 bridgehead atoms. The fraction of sp³-hybridized carbons (Fsp3) is 0. The Balaban J connectivity index is 1.36. The van der Waals surface area contributed by atoms with Gasteiger partial charge in [-0.15, -0.1) is 0 Å². The molecule has 4 nitrogen and oxygen atoms in total. The van der Waals surface area contributed by atoms with E-state index in [0.717, 1.165) is 66.5 Å². The number of hydrogen-bond donors (Lipinski definition) is 0. The van der Waals surface area contributed by atoms with Crippen LogP contribution in [0.2, 0.25) is 0 Å². The Labute approximate surface area is 277 Å². The van der Waals surface area contributed by atoms with Gasteiger partial charge in [-0.25, -0.2) is 0 Å². The van der Waals surface area contributed by atoms with Gasteiger partial charge in [-0.1, -0.05) is 97.1 Å². The molecular formula is C44H26N4. The van der Waals surface area contributed by atoms with Gasteiger partial charge < -0.3 is 9.13 Å². The Bertz CT molecular complexity index is 2760. The van der Waals surface area contributed by atoms with E-state index in [1.165, 1.54) is 10.8 Å². The van der Waals surface area contributed by atoms with Crippen molar-refractivity contribution in [2.45, 2.75) is 0 Å². The molecular weight excluding hydrogens is 585 g/mol. The maximum Gasteiger partial charge on any atom is 0.0998 e. The molecule has 48 heavy (non-hydrogen) atoms. The first kappa shape index (κ1) is 27.4. The Morgan fingerprint density at radius 1 is 0.417 bits per heavy atom. The summed E-state index contributed by atoms with van der Waals surface area (Å²) in [6.07, 6.45) is 0. The van der Waals surface area contributed by atoms with Crippen molar-refractivity contribution in [3.63, 3.8) is 0 Å². The lowest BCUT2D eigenvalue weighted by atomic mass is 9.90. The first-order valence-electron chi connectivity index (χ1n) is 15.9. The van der Waals surface area contributed by atoms with Crippen LogP contribution in [0.3, 0.4) is 0 Å². The van der Waals surface area contributed by atoms with Gasteiger partial charge >= 0.3 is 0 Å². The minimum Gasteiger partial charge on any atom is -0.309 e. The van der Waals surface area contributed by atoms with Crippen molar-refractivity contribution in [1.82, 2.24) is 9.13 Å². The highest BCUT2D eigenvalue weighted by Crippen LogP contribution is 2.43. The van der Waals surface area contributed by atoms with Crippen LogP contribution in [0, 0.1) is 22.7 Å². The van der Waals surface area contributed by atoms with Gasteiger partial charge in [-0.2, -0.15) is 10.5 Å². The summed E-state index contributed by atoms with van der Waals surface area (Å²) in [5, 5.41) is 24.6. The van der Waals surface area contributed by atoms with Gasteiger partial charge in [0.05, 0.1) is 51.0 Å². The predicted molar refractivity (Wildman–Crippen MR) is 195 cm³/mol. The molecule has 9 rings (SSSR count). The molecule has 0 spiro atoms. The minimum absolute atomic E-state index is 0.609. The molecule has 0 radical (unpaired) electrons. The molecule has 0 unspecified atom stereocenters. The Hall–Kier alpha value is -6.88. The summed E-state index contributed by atoms with van der Waals surface area (Å²) in [6.45, 7) is 0. The number of benzene rings is 7. The van der Waals surface area contributed by atoms with Crippen LogP contribution >= 0.6 is 0 Å². The second-order valence-electron chi connectivity index (χ2n) is 12.0. The van der Waals surface area contributed by atoms with Crippen LogP contribution in [0.25, 0.3) is 77.2 Å². The molecule has 0 aliphatic heterocycles. The molecule has 0 amide bonds. The van der Waals surface area contributed by atoms with Crippen LogP contribution in [0.1, 0.15) is 11.1 Å². The first-order chi connectivity index (χ1) is 23.7. The van der Waals surface area contributed by atoms with Crippen LogP contribution in [-0.4, -0.2) is 9.13 Å². The standard InChI is InChI=1S/C44H26N4/c45-27-29-23-24-42-38(25-29)37-17-5-8-21-41(37)48(42)43-22-10-18-33(44(43)34-14-2-1-11-31(34)28-46)30-12-9-13-32(26-30)47-39-19-6-3-15-35(39)36-16-4-7-20-40(36)47/h1-26H. The van der Waals surface area contributed by atoms with Gasteiger partial charge in [0.1, 0.15) is 0 Å². The molecule has 0 saturated heterocycles. The minimum atomic E-state index is 0.609. The summed E-state index contributed by atoms with van der Waals surface area (Å²) >= 11 is 0. The van der Waals surface area contributed by atoms with Gasteiger partial charge in [-0.05, 0) is 71.8 Å². The quantitative estimate of drug-likeness (QED) is 0.199. The summed E-state index contributed by atoms with van der Waals surface area (Å²) in [6, 6.07) is 58.9. The number of aromatic nitrogens is 2. The zero-order valence-electron chi connectivity index (χ0n) is 25.8. The average Bonchev–Trinajstić information content (AvgIpc) is 3.67. The van der Waals surface area contributed by atoms with Crippen LogP contribution < -0.4 is 0 Å². The number of nitriles is 2. The fourth-order valence-corrected chi connectivity index (χ4v) is 7.36. The molecule has 2 heterocycles. The third-order valence-corrected chi connectivity index (χ3v) is 9.40. The zero-order chi connectivity index (χ0) is 32.2. The Morgan fingerprint density at radius 3 is 1.71 bits per heavy atom. The third-order valence-electron chi connectivity index (χ3n) is 9.40. The summed E-state index contributed by atoms with van der Waals surface area (Å²) in [7, 11) is 0. The molecule has 2 aromatic heterocycles. The van der Waals surface area contributed by atoms with Crippen LogP contribution in [0.5, 0.6) is 0 Å². The molecule has 0 fully saturated rings. The smallest absolute Gasteiger partial charge is 0.0998 e. The van der Waals surface area contributed by atoms with Crippen molar-refractivity contribution < 1.29 is 0 Å². The number of nitrogens with zero attached hydrogens (tertiary/aromatic N) is 4. The maximum absolute atomic E-state index is 10.3. The van der Waals surface area contributed by atoms with Crippen LogP contribution in [0.4, 0.5) is 0 Å². The van der Waals surface area contributed by atoms with Crippen molar-refractivity contribution in [2.75, 3.05) is 0 Å². The number of fused-ring (bicyclic) bond motifs is 6. The van der Waals surface area contributed by atoms with E-state index in [2.05, 4.69) is 124 Å². The molecule has 0 atom stereocenters. The molecule has 0 N–H and O–H groups in total. The van der Waals surface area contributed by atoms with E-state index in [-0.39, 0.29) is 0 Å². The molecule has 9 aromatic rings. The lowest BCUT2D eigenvalue weighted by molar-refractivity contribution is 1.17. The summed E-state index contributed by atoms with van der Waals surface area (Å²) in [4.78, 5) is 0. The Morgan fingerprint density at radius 2 is 1.00 bits per heavy atom. The molecule has 0 saturated carbocycles. The summed E-state index contributed by atoms with van der Waals surface area (Å²) in [5.74, 6) is 0. The predicted octanol–water partition coefficient (Wildman–Crippen LogP) is 11.0. The Kier molecular flexibility index (Phi) is 6.22.